The lowest BCUT2D eigenvalue weighted by Gasteiger charge is -2.09. The lowest BCUT2D eigenvalue weighted by Crippen LogP contribution is -2.18. The predicted molar refractivity (Wildman–Crippen MR) is 127 cm³/mol. The summed E-state index contributed by atoms with van der Waals surface area (Å²) in [5.74, 6) is 0.769. The number of fused-ring (bicyclic) bond motifs is 1. The molecule has 0 aliphatic heterocycles. The van der Waals surface area contributed by atoms with Crippen molar-refractivity contribution < 1.29 is 9.59 Å². The minimum Gasteiger partial charge on any atom is -0.338 e. The van der Waals surface area contributed by atoms with Crippen LogP contribution in [0.15, 0.2) is 72.8 Å². The number of benzene rings is 3. The van der Waals surface area contributed by atoms with E-state index in [9.17, 15) is 9.59 Å². The number of amides is 2. The van der Waals surface area contributed by atoms with Gasteiger partial charge in [-0.1, -0.05) is 42.0 Å². The Morgan fingerprint density at radius 3 is 2.32 bits per heavy atom. The molecule has 0 aliphatic rings. The van der Waals surface area contributed by atoms with Crippen LogP contribution >= 0.6 is 11.8 Å². The third-order valence-corrected chi connectivity index (χ3v) is 5.58. The highest BCUT2D eigenvalue weighted by Gasteiger charge is 2.12. The first-order chi connectivity index (χ1) is 15.1. The van der Waals surface area contributed by atoms with Gasteiger partial charge in [0, 0.05) is 11.3 Å². The number of hydrogen-bond acceptors (Lipinski definition) is 4. The number of anilines is 2. The molecule has 1 heterocycles. The van der Waals surface area contributed by atoms with E-state index in [1.807, 2.05) is 79.7 Å². The Kier molecular flexibility index (Phi) is 6.33. The van der Waals surface area contributed by atoms with Gasteiger partial charge in [0.2, 0.25) is 11.8 Å². The van der Waals surface area contributed by atoms with Crippen LogP contribution in [0.2, 0.25) is 0 Å². The molecule has 0 atom stereocenters. The molecule has 2 amide bonds. The number of carbonyl (C=O) groups excluding carboxylic acids is 2. The Bertz CT molecular complexity index is 1180. The number of hydrogen-bond donors (Lipinski definition) is 3. The smallest absolute Gasteiger partial charge is 0.234 e. The van der Waals surface area contributed by atoms with Crippen LogP contribution in [-0.2, 0) is 9.59 Å². The van der Waals surface area contributed by atoms with E-state index in [1.54, 1.807) is 0 Å². The number of nitrogens with one attached hydrogen (secondary N) is 3. The van der Waals surface area contributed by atoms with Crippen LogP contribution in [0, 0.1) is 6.92 Å². The molecular weight excluding hydrogens is 408 g/mol. The van der Waals surface area contributed by atoms with Crippen LogP contribution in [0.4, 0.5) is 11.4 Å². The van der Waals surface area contributed by atoms with Crippen LogP contribution in [0.25, 0.3) is 22.4 Å². The Balaban J connectivity index is 1.34. The Hall–Kier alpha value is -3.58. The number of nitrogens with zero attached hydrogens (tertiary/aromatic N) is 1. The summed E-state index contributed by atoms with van der Waals surface area (Å²) in [7, 11) is 0. The Morgan fingerprint density at radius 2 is 1.55 bits per heavy atom. The number of carbonyl (C=O) groups is 2. The summed E-state index contributed by atoms with van der Waals surface area (Å²) in [5.41, 5.74) is 5.18. The number of para-hydroxylation sites is 3. The van der Waals surface area contributed by atoms with Crippen LogP contribution in [0.1, 0.15) is 5.56 Å². The second-order valence-corrected chi connectivity index (χ2v) is 8.09. The van der Waals surface area contributed by atoms with Crippen molar-refractivity contribution in [2.45, 2.75) is 6.92 Å². The summed E-state index contributed by atoms with van der Waals surface area (Å²) in [4.78, 5) is 32.4. The van der Waals surface area contributed by atoms with Gasteiger partial charge in [0.05, 0.1) is 28.2 Å². The predicted octanol–water partition coefficient (Wildman–Crippen LogP) is 4.85. The first-order valence-corrected chi connectivity index (χ1v) is 11.0. The fraction of sp³-hybridized carbons (Fsp3) is 0.125. The van der Waals surface area contributed by atoms with Crippen molar-refractivity contribution in [1.82, 2.24) is 9.97 Å². The molecule has 0 saturated heterocycles. The number of aryl methyl sites for hydroxylation is 1. The van der Waals surface area contributed by atoms with Gasteiger partial charge in [-0.25, -0.2) is 4.98 Å². The molecule has 0 fully saturated rings. The third kappa shape index (κ3) is 5.32. The highest BCUT2D eigenvalue weighted by atomic mass is 32.2. The molecule has 0 bridgehead atoms. The molecule has 0 radical (unpaired) electrons. The van der Waals surface area contributed by atoms with E-state index >= 15 is 0 Å². The van der Waals surface area contributed by atoms with Gasteiger partial charge in [-0.05, 0) is 43.3 Å². The molecule has 7 heteroatoms. The average Bonchev–Trinajstić information content (AvgIpc) is 3.20. The number of rotatable bonds is 7. The molecule has 156 valence electrons. The molecular formula is C24H22N4O2S. The average molecular weight is 431 g/mol. The number of imidazole rings is 1. The SMILES string of the molecule is Cc1ccc(NC(=O)CSCC(=O)Nc2ccccc2-c2nc3ccccc3[nH]2)cc1. The minimum absolute atomic E-state index is 0.135. The van der Waals surface area contributed by atoms with Crippen molar-refractivity contribution in [2.24, 2.45) is 0 Å². The molecule has 4 aromatic rings. The molecule has 0 spiro atoms. The lowest BCUT2D eigenvalue weighted by atomic mass is 10.1. The van der Waals surface area contributed by atoms with E-state index in [0.717, 1.165) is 27.8 Å². The zero-order valence-corrected chi connectivity index (χ0v) is 17.8. The third-order valence-electron chi connectivity index (χ3n) is 4.65. The highest BCUT2D eigenvalue weighted by Crippen LogP contribution is 2.27. The maximum Gasteiger partial charge on any atom is 0.234 e. The monoisotopic (exact) mass is 430 g/mol. The van der Waals surface area contributed by atoms with Crippen molar-refractivity contribution in [2.75, 3.05) is 22.1 Å². The second kappa shape index (κ2) is 9.49. The van der Waals surface area contributed by atoms with Gasteiger partial charge in [-0.15, -0.1) is 11.8 Å². The van der Waals surface area contributed by atoms with E-state index in [2.05, 4.69) is 20.6 Å². The summed E-state index contributed by atoms with van der Waals surface area (Å²) in [6.07, 6.45) is 0. The topological polar surface area (TPSA) is 86.9 Å². The van der Waals surface area contributed by atoms with Crippen molar-refractivity contribution >= 4 is 46.0 Å². The van der Waals surface area contributed by atoms with Crippen LogP contribution in [0.3, 0.4) is 0 Å². The number of H-pyrrole nitrogens is 1. The minimum atomic E-state index is -0.170. The summed E-state index contributed by atoms with van der Waals surface area (Å²) in [6.45, 7) is 1.99. The fourth-order valence-corrected chi connectivity index (χ4v) is 3.75. The molecule has 0 saturated carbocycles. The molecule has 0 unspecified atom stereocenters. The normalized spacial score (nSPS) is 10.7. The van der Waals surface area contributed by atoms with Crippen molar-refractivity contribution in [3.05, 3.63) is 78.4 Å². The number of aromatic nitrogens is 2. The van der Waals surface area contributed by atoms with Gasteiger partial charge in [-0.3, -0.25) is 9.59 Å². The molecule has 1 aromatic heterocycles. The summed E-state index contributed by atoms with van der Waals surface area (Å²) < 4.78 is 0. The van der Waals surface area contributed by atoms with E-state index < -0.39 is 0 Å². The summed E-state index contributed by atoms with van der Waals surface area (Å²) in [6, 6.07) is 22.9. The van der Waals surface area contributed by atoms with Crippen molar-refractivity contribution in [3.8, 4) is 11.4 Å². The second-order valence-electron chi connectivity index (χ2n) is 7.10. The maximum atomic E-state index is 12.5. The van der Waals surface area contributed by atoms with E-state index in [1.165, 1.54) is 11.8 Å². The maximum absolute atomic E-state index is 12.5. The highest BCUT2D eigenvalue weighted by molar-refractivity contribution is 8.00. The van der Waals surface area contributed by atoms with E-state index in [0.29, 0.717) is 11.5 Å². The number of thioether (sulfide) groups is 1. The Morgan fingerprint density at radius 1 is 0.871 bits per heavy atom. The molecule has 31 heavy (non-hydrogen) atoms. The molecule has 6 nitrogen and oxygen atoms in total. The van der Waals surface area contributed by atoms with Gasteiger partial charge >= 0.3 is 0 Å². The van der Waals surface area contributed by atoms with Crippen LogP contribution < -0.4 is 10.6 Å². The summed E-state index contributed by atoms with van der Waals surface area (Å²) in [5, 5.41) is 5.76. The standard InChI is InChI=1S/C24H22N4O2S/c1-16-10-12-17(13-11-16)25-22(29)14-31-15-23(30)26-19-7-3-2-6-18(19)24-27-20-8-4-5-9-21(20)28-24/h2-13H,14-15H2,1H3,(H,25,29)(H,26,30)(H,27,28). The van der Waals surface area contributed by atoms with Gasteiger partial charge in [0.25, 0.3) is 0 Å². The lowest BCUT2D eigenvalue weighted by molar-refractivity contribution is -0.114. The fourth-order valence-electron chi connectivity index (χ4n) is 3.14. The molecule has 4 rings (SSSR count). The van der Waals surface area contributed by atoms with Gasteiger partial charge in [0.15, 0.2) is 0 Å². The van der Waals surface area contributed by atoms with Crippen molar-refractivity contribution in [1.29, 1.82) is 0 Å². The number of aromatic amines is 1. The van der Waals surface area contributed by atoms with Gasteiger partial charge in [0.1, 0.15) is 5.82 Å². The molecule has 0 aliphatic carbocycles. The largest absolute Gasteiger partial charge is 0.338 e. The molecule has 3 N–H and O–H groups in total. The quantitative estimate of drug-likeness (QED) is 0.391. The van der Waals surface area contributed by atoms with E-state index in [-0.39, 0.29) is 23.3 Å². The molecule has 3 aromatic carbocycles. The van der Waals surface area contributed by atoms with Gasteiger partial charge < -0.3 is 15.6 Å². The van der Waals surface area contributed by atoms with Gasteiger partial charge in [-0.2, -0.15) is 0 Å². The Labute approximate surface area is 184 Å². The van der Waals surface area contributed by atoms with Crippen molar-refractivity contribution in [3.63, 3.8) is 0 Å². The van der Waals surface area contributed by atoms with Crippen LogP contribution in [-0.4, -0.2) is 33.3 Å². The van der Waals surface area contributed by atoms with Crippen LogP contribution in [0.5, 0.6) is 0 Å². The first-order valence-electron chi connectivity index (χ1n) is 9.87. The zero-order chi connectivity index (χ0) is 21.6. The summed E-state index contributed by atoms with van der Waals surface area (Å²) >= 11 is 1.27. The van der Waals surface area contributed by atoms with E-state index in [4.69, 9.17) is 0 Å². The zero-order valence-electron chi connectivity index (χ0n) is 17.0. The first kappa shape index (κ1) is 20.7.